The molecule has 0 fully saturated rings. The van der Waals surface area contributed by atoms with E-state index >= 15 is 0 Å². The van der Waals surface area contributed by atoms with Gasteiger partial charge >= 0.3 is 5.97 Å². The number of hydrogen-bond donors (Lipinski definition) is 0. The molecule has 4 aromatic carbocycles. The fourth-order valence-corrected chi connectivity index (χ4v) is 3.20. The third kappa shape index (κ3) is 8.18. The first-order chi connectivity index (χ1) is 18.0. The molecule has 4 aromatic rings. The zero-order valence-corrected chi connectivity index (χ0v) is 20.5. The van der Waals surface area contributed by atoms with Gasteiger partial charge in [0.1, 0.15) is 47.7 Å². The van der Waals surface area contributed by atoms with Crippen LogP contribution in [0.1, 0.15) is 6.92 Å². The summed E-state index contributed by atoms with van der Waals surface area (Å²) in [4.78, 5) is 12.1. The van der Waals surface area contributed by atoms with Crippen molar-refractivity contribution in [3.8, 4) is 34.5 Å². The van der Waals surface area contributed by atoms with Crippen molar-refractivity contribution in [2.45, 2.75) is 13.0 Å². The van der Waals surface area contributed by atoms with E-state index in [1.54, 1.807) is 31.2 Å². The third-order valence-electron chi connectivity index (χ3n) is 5.10. The molecule has 0 aliphatic carbocycles. The summed E-state index contributed by atoms with van der Waals surface area (Å²) in [5.41, 5.74) is 0.301. The molecule has 0 bridgehead atoms. The van der Waals surface area contributed by atoms with Gasteiger partial charge in [-0.1, -0.05) is 43.0 Å². The molecule has 37 heavy (non-hydrogen) atoms. The lowest BCUT2D eigenvalue weighted by molar-refractivity contribution is -0.147. The standard InChI is InChI=1S/C31H28O6/c1-23(2)31(32)37-30(21-33-24-13-17-28(18-14-24)35-26-9-5-3-6-10-26)22-34-25-15-19-29(20-16-25)36-27-11-7-4-8-12-27/h3-20,30H,1,21-22H2,2H3. The van der Waals surface area contributed by atoms with E-state index < -0.39 is 12.1 Å². The average Bonchev–Trinajstić information content (AvgIpc) is 2.93. The Kier molecular flexibility index (Phi) is 8.81. The summed E-state index contributed by atoms with van der Waals surface area (Å²) >= 11 is 0. The maximum atomic E-state index is 12.1. The highest BCUT2D eigenvalue weighted by Crippen LogP contribution is 2.25. The average molecular weight is 497 g/mol. The van der Waals surface area contributed by atoms with Crippen LogP contribution in [0.15, 0.2) is 121 Å². The van der Waals surface area contributed by atoms with E-state index in [0.29, 0.717) is 28.6 Å². The fraction of sp³-hybridized carbons (Fsp3) is 0.129. The molecular weight excluding hydrogens is 468 g/mol. The summed E-state index contributed by atoms with van der Waals surface area (Å²) in [6.07, 6.45) is -0.648. The maximum Gasteiger partial charge on any atom is 0.333 e. The molecule has 0 saturated carbocycles. The number of para-hydroxylation sites is 2. The Morgan fingerprint density at radius 3 is 1.32 bits per heavy atom. The summed E-state index contributed by atoms with van der Waals surface area (Å²) < 4.78 is 28.9. The van der Waals surface area contributed by atoms with Crippen molar-refractivity contribution in [1.29, 1.82) is 0 Å². The second-order valence-electron chi connectivity index (χ2n) is 8.20. The highest BCUT2D eigenvalue weighted by Gasteiger charge is 2.17. The maximum absolute atomic E-state index is 12.1. The monoisotopic (exact) mass is 496 g/mol. The van der Waals surface area contributed by atoms with Gasteiger partial charge in [-0.3, -0.25) is 0 Å². The Hall–Kier alpha value is -4.71. The quantitative estimate of drug-likeness (QED) is 0.152. The van der Waals surface area contributed by atoms with Gasteiger partial charge in [0.2, 0.25) is 0 Å². The molecule has 0 saturated heterocycles. The first-order valence-corrected chi connectivity index (χ1v) is 11.8. The Balaban J connectivity index is 1.32. The van der Waals surface area contributed by atoms with E-state index in [0.717, 1.165) is 11.5 Å². The Labute approximate surface area is 216 Å². The van der Waals surface area contributed by atoms with Crippen LogP contribution >= 0.6 is 0 Å². The van der Waals surface area contributed by atoms with E-state index in [2.05, 4.69) is 6.58 Å². The predicted octanol–water partition coefficient (Wildman–Crippen LogP) is 7.22. The van der Waals surface area contributed by atoms with Crippen molar-refractivity contribution in [3.05, 3.63) is 121 Å². The normalized spacial score (nSPS) is 10.4. The van der Waals surface area contributed by atoms with Crippen molar-refractivity contribution >= 4 is 5.97 Å². The van der Waals surface area contributed by atoms with Gasteiger partial charge in [-0.15, -0.1) is 0 Å². The molecule has 0 unspecified atom stereocenters. The molecule has 6 heteroatoms. The van der Waals surface area contributed by atoms with E-state index in [1.807, 2.05) is 84.9 Å². The molecule has 0 aliphatic heterocycles. The van der Waals surface area contributed by atoms with Crippen molar-refractivity contribution in [1.82, 2.24) is 0 Å². The smallest absolute Gasteiger partial charge is 0.333 e. The van der Waals surface area contributed by atoms with Gasteiger partial charge in [-0.2, -0.15) is 0 Å². The van der Waals surface area contributed by atoms with E-state index in [9.17, 15) is 4.79 Å². The second kappa shape index (κ2) is 12.8. The SMILES string of the molecule is C=C(C)C(=O)OC(COc1ccc(Oc2ccccc2)cc1)COc1ccc(Oc2ccccc2)cc1. The van der Waals surface area contributed by atoms with Crippen LogP contribution in [0.25, 0.3) is 0 Å². The molecule has 0 heterocycles. The van der Waals surface area contributed by atoms with Crippen LogP contribution in [0, 0.1) is 0 Å². The third-order valence-corrected chi connectivity index (χ3v) is 5.10. The minimum absolute atomic E-state index is 0.104. The Morgan fingerprint density at radius 1 is 0.595 bits per heavy atom. The topological polar surface area (TPSA) is 63.2 Å². The predicted molar refractivity (Wildman–Crippen MR) is 142 cm³/mol. The zero-order valence-electron chi connectivity index (χ0n) is 20.5. The fourth-order valence-electron chi connectivity index (χ4n) is 3.20. The Bertz CT molecular complexity index is 1180. The van der Waals surface area contributed by atoms with Crippen molar-refractivity contribution < 1.29 is 28.5 Å². The van der Waals surface area contributed by atoms with Crippen LogP contribution in [0.5, 0.6) is 34.5 Å². The van der Waals surface area contributed by atoms with Gasteiger partial charge in [0, 0.05) is 5.57 Å². The second-order valence-corrected chi connectivity index (χ2v) is 8.20. The first kappa shape index (κ1) is 25.4. The van der Waals surface area contributed by atoms with E-state index in [-0.39, 0.29) is 13.2 Å². The highest BCUT2D eigenvalue weighted by molar-refractivity contribution is 5.87. The van der Waals surface area contributed by atoms with Crippen LogP contribution in [0.4, 0.5) is 0 Å². The lowest BCUT2D eigenvalue weighted by Gasteiger charge is -2.19. The van der Waals surface area contributed by atoms with Crippen LogP contribution in [0.3, 0.4) is 0 Å². The zero-order chi connectivity index (χ0) is 25.9. The molecule has 6 nitrogen and oxygen atoms in total. The summed E-state index contributed by atoms with van der Waals surface area (Å²) in [6.45, 7) is 5.45. The number of benzene rings is 4. The van der Waals surface area contributed by atoms with Gasteiger partial charge in [-0.25, -0.2) is 4.79 Å². The number of carbonyl (C=O) groups is 1. The number of carbonyl (C=O) groups excluding carboxylic acids is 1. The van der Waals surface area contributed by atoms with Crippen LogP contribution in [-0.4, -0.2) is 25.3 Å². The minimum Gasteiger partial charge on any atom is -0.490 e. The van der Waals surface area contributed by atoms with E-state index in [4.69, 9.17) is 23.7 Å². The van der Waals surface area contributed by atoms with Crippen LogP contribution < -0.4 is 18.9 Å². The summed E-state index contributed by atoms with van der Waals surface area (Å²) in [5.74, 6) is 3.59. The van der Waals surface area contributed by atoms with Crippen LogP contribution in [-0.2, 0) is 9.53 Å². The number of esters is 1. The van der Waals surface area contributed by atoms with Crippen LogP contribution in [0.2, 0.25) is 0 Å². The number of hydrogen-bond acceptors (Lipinski definition) is 6. The molecule has 0 radical (unpaired) electrons. The first-order valence-electron chi connectivity index (χ1n) is 11.8. The molecule has 0 atom stereocenters. The largest absolute Gasteiger partial charge is 0.490 e. The number of rotatable bonds is 12. The summed E-state index contributed by atoms with van der Waals surface area (Å²) in [6, 6.07) is 33.5. The lowest BCUT2D eigenvalue weighted by atomic mass is 10.3. The van der Waals surface area contributed by atoms with Gasteiger partial charge in [0.15, 0.2) is 6.10 Å². The highest BCUT2D eigenvalue weighted by atomic mass is 16.6. The van der Waals surface area contributed by atoms with Gasteiger partial charge < -0.3 is 23.7 Å². The molecule has 0 N–H and O–H groups in total. The van der Waals surface area contributed by atoms with Gasteiger partial charge in [-0.05, 0) is 79.7 Å². The minimum atomic E-state index is -0.648. The van der Waals surface area contributed by atoms with Crippen molar-refractivity contribution in [2.75, 3.05) is 13.2 Å². The Morgan fingerprint density at radius 2 is 0.946 bits per heavy atom. The molecule has 188 valence electrons. The lowest BCUT2D eigenvalue weighted by Crippen LogP contribution is -2.31. The molecule has 0 spiro atoms. The van der Waals surface area contributed by atoms with E-state index in [1.165, 1.54) is 0 Å². The van der Waals surface area contributed by atoms with Crippen molar-refractivity contribution in [3.63, 3.8) is 0 Å². The van der Waals surface area contributed by atoms with Crippen molar-refractivity contribution in [2.24, 2.45) is 0 Å². The molecule has 4 rings (SSSR count). The number of ether oxygens (including phenoxy) is 5. The molecule has 0 aliphatic rings. The van der Waals surface area contributed by atoms with Gasteiger partial charge in [0.05, 0.1) is 0 Å². The molecule has 0 amide bonds. The summed E-state index contributed by atoms with van der Waals surface area (Å²) in [7, 11) is 0. The van der Waals surface area contributed by atoms with Gasteiger partial charge in [0.25, 0.3) is 0 Å². The summed E-state index contributed by atoms with van der Waals surface area (Å²) in [5, 5.41) is 0. The molecular formula is C31H28O6. The molecule has 0 aromatic heterocycles.